The number of hydrogen-bond acceptors (Lipinski definition) is 5. The van der Waals surface area contributed by atoms with Crippen LogP contribution in [0, 0.1) is 5.92 Å². The van der Waals surface area contributed by atoms with Crippen molar-refractivity contribution in [2.45, 2.75) is 12.1 Å². The Morgan fingerprint density at radius 1 is 1.50 bits per heavy atom. The molecule has 1 saturated heterocycles. The van der Waals surface area contributed by atoms with Crippen LogP contribution in [0.25, 0.3) is 0 Å². The molecule has 0 unspecified atom stereocenters. The Kier molecular flexibility index (Phi) is 1.88. The van der Waals surface area contributed by atoms with Crippen molar-refractivity contribution in [1.82, 2.24) is 5.32 Å². The zero-order valence-electron chi connectivity index (χ0n) is 7.01. The number of rotatable bonds is 2. The van der Waals surface area contributed by atoms with Crippen LogP contribution >= 0.6 is 0 Å². The summed E-state index contributed by atoms with van der Waals surface area (Å²) in [5.74, 6) is -3.01. The van der Waals surface area contributed by atoms with Crippen molar-refractivity contribution < 1.29 is 24.6 Å². The molecule has 2 heterocycles. The maximum absolute atomic E-state index is 10.7. The molecule has 0 aliphatic carbocycles. The fourth-order valence-electron chi connectivity index (χ4n) is 1.76. The second-order valence-electron chi connectivity index (χ2n) is 3.18. The van der Waals surface area contributed by atoms with Gasteiger partial charge in [0.05, 0.1) is 5.92 Å². The van der Waals surface area contributed by atoms with Gasteiger partial charge in [-0.3, -0.25) is 10.1 Å². The van der Waals surface area contributed by atoms with E-state index in [2.05, 4.69) is 10.5 Å². The van der Waals surface area contributed by atoms with E-state index in [9.17, 15) is 9.59 Å². The number of nitrogens with zero attached hydrogens (tertiary/aromatic N) is 1. The van der Waals surface area contributed by atoms with Crippen LogP contribution in [-0.2, 0) is 14.4 Å². The van der Waals surface area contributed by atoms with E-state index in [4.69, 9.17) is 15.1 Å². The minimum absolute atomic E-state index is 0.215. The van der Waals surface area contributed by atoms with Crippen LogP contribution in [0.1, 0.15) is 0 Å². The molecule has 2 aliphatic rings. The van der Waals surface area contributed by atoms with E-state index in [0.29, 0.717) is 6.54 Å². The third kappa shape index (κ3) is 1.13. The Hall–Kier alpha value is -1.63. The lowest BCUT2D eigenvalue weighted by atomic mass is 9.94. The second-order valence-corrected chi connectivity index (χ2v) is 3.18. The predicted octanol–water partition coefficient (Wildman–Crippen LogP) is -1.50. The Labute approximate surface area is 78.3 Å². The largest absolute Gasteiger partial charge is 0.480 e. The molecule has 7 heteroatoms. The van der Waals surface area contributed by atoms with E-state index in [1.165, 1.54) is 0 Å². The fourth-order valence-corrected chi connectivity index (χ4v) is 1.76. The molecule has 0 aromatic rings. The molecule has 0 aromatic heterocycles. The third-order valence-corrected chi connectivity index (χ3v) is 2.39. The van der Waals surface area contributed by atoms with Gasteiger partial charge in [-0.1, -0.05) is 5.16 Å². The van der Waals surface area contributed by atoms with E-state index < -0.39 is 30.0 Å². The number of nitrogens with one attached hydrogen (secondary N) is 1. The zero-order valence-corrected chi connectivity index (χ0v) is 7.01. The topological polar surface area (TPSA) is 108 Å². The van der Waals surface area contributed by atoms with Gasteiger partial charge in [0, 0.05) is 6.54 Å². The van der Waals surface area contributed by atoms with E-state index >= 15 is 0 Å². The number of fused-ring (bicyclic) bond motifs is 1. The molecule has 7 nitrogen and oxygen atoms in total. The third-order valence-electron chi connectivity index (χ3n) is 2.39. The van der Waals surface area contributed by atoms with Crippen LogP contribution in [0.15, 0.2) is 5.16 Å². The lowest BCUT2D eigenvalue weighted by Gasteiger charge is -2.11. The first kappa shape index (κ1) is 8.95. The molecule has 0 radical (unpaired) electrons. The number of aliphatic carboxylic acids is 2. The van der Waals surface area contributed by atoms with E-state index in [1.54, 1.807) is 0 Å². The van der Waals surface area contributed by atoms with Crippen LogP contribution in [-0.4, -0.2) is 46.6 Å². The molecule has 3 atom stereocenters. The standard InChI is InChI=1S/C7H8N2O5/c10-6(11)4-3-2(1-8-4)14-9-5(3)7(12)13/h2-4,8H,1H2,(H,10,11)(H,12,13)/t2-,3-,4-/m1/s1. The molecule has 14 heavy (non-hydrogen) atoms. The molecule has 0 bridgehead atoms. The summed E-state index contributed by atoms with van der Waals surface area (Å²) in [5, 5.41) is 23.6. The van der Waals surface area contributed by atoms with Gasteiger partial charge in [-0.25, -0.2) is 4.79 Å². The van der Waals surface area contributed by atoms with Gasteiger partial charge < -0.3 is 15.1 Å². The monoisotopic (exact) mass is 200 g/mol. The number of carbonyl (C=O) groups is 2. The van der Waals surface area contributed by atoms with Gasteiger partial charge in [0.25, 0.3) is 0 Å². The van der Waals surface area contributed by atoms with Crippen molar-refractivity contribution in [3.63, 3.8) is 0 Å². The molecule has 3 N–H and O–H groups in total. The van der Waals surface area contributed by atoms with E-state index in [1.807, 2.05) is 0 Å². The minimum atomic E-state index is -1.23. The quantitative estimate of drug-likeness (QED) is 0.500. The van der Waals surface area contributed by atoms with Crippen LogP contribution in [0.5, 0.6) is 0 Å². The number of carboxylic acid groups (broad SMARTS) is 2. The molecular weight excluding hydrogens is 192 g/mol. The Balaban J connectivity index is 2.25. The molecule has 76 valence electrons. The van der Waals surface area contributed by atoms with Crippen molar-refractivity contribution in [3.8, 4) is 0 Å². The summed E-state index contributed by atoms with van der Waals surface area (Å²) >= 11 is 0. The maximum Gasteiger partial charge on any atom is 0.354 e. The SMILES string of the molecule is O=C(O)C1=NO[C@@H]2CN[C@@H](C(=O)O)[C@H]12. The molecule has 0 aromatic carbocycles. The van der Waals surface area contributed by atoms with Crippen LogP contribution in [0.4, 0.5) is 0 Å². The van der Waals surface area contributed by atoms with Crippen molar-refractivity contribution in [2.24, 2.45) is 11.1 Å². The average Bonchev–Trinajstić information content (AvgIpc) is 2.59. The Bertz CT molecular complexity index is 326. The number of carboxylic acids is 2. The first-order valence-corrected chi connectivity index (χ1v) is 4.04. The second kappa shape index (κ2) is 2.95. The summed E-state index contributed by atoms with van der Waals surface area (Å²) < 4.78 is 0. The number of hydrogen-bond donors (Lipinski definition) is 3. The van der Waals surface area contributed by atoms with Crippen molar-refractivity contribution in [2.75, 3.05) is 6.54 Å². The van der Waals surface area contributed by atoms with Gasteiger partial charge in [0.2, 0.25) is 0 Å². The zero-order chi connectivity index (χ0) is 10.3. The predicted molar refractivity (Wildman–Crippen MR) is 42.9 cm³/mol. The highest BCUT2D eigenvalue weighted by molar-refractivity contribution is 6.37. The molecule has 1 fully saturated rings. The molecular formula is C7H8N2O5. The fraction of sp³-hybridized carbons (Fsp3) is 0.571. The Morgan fingerprint density at radius 2 is 2.21 bits per heavy atom. The average molecular weight is 200 g/mol. The van der Waals surface area contributed by atoms with Crippen molar-refractivity contribution >= 4 is 17.7 Å². The first-order chi connectivity index (χ1) is 6.61. The maximum atomic E-state index is 10.7. The van der Waals surface area contributed by atoms with Gasteiger partial charge in [-0.2, -0.15) is 0 Å². The van der Waals surface area contributed by atoms with Crippen molar-refractivity contribution in [3.05, 3.63) is 0 Å². The number of oxime groups is 1. The van der Waals surface area contributed by atoms with Crippen molar-refractivity contribution in [1.29, 1.82) is 0 Å². The first-order valence-electron chi connectivity index (χ1n) is 4.04. The smallest absolute Gasteiger partial charge is 0.354 e. The molecule has 0 spiro atoms. The van der Waals surface area contributed by atoms with E-state index in [-0.39, 0.29) is 5.71 Å². The van der Waals surface area contributed by atoms with Crippen LogP contribution < -0.4 is 5.32 Å². The molecule has 2 aliphatic heterocycles. The highest BCUT2D eigenvalue weighted by Crippen LogP contribution is 2.27. The van der Waals surface area contributed by atoms with E-state index in [0.717, 1.165) is 0 Å². The summed E-state index contributed by atoms with van der Waals surface area (Å²) in [5.41, 5.74) is -0.215. The summed E-state index contributed by atoms with van der Waals surface area (Å²) in [6.07, 6.45) is -0.470. The summed E-state index contributed by atoms with van der Waals surface area (Å²) in [6.45, 7) is 0.307. The van der Waals surface area contributed by atoms with Gasteiger partial charge in [0.15, 0.2) is 11.8 Å². The molecule has 0 saturated carbocycles. The highest BCUT2D eigenvalue weighted by Gasteiger charge is 2.50. The summed E-state index contributed by atoms with van der Waals surface area (Å²) in [6, 6.07) is -0.919. The van der Waals surface area contributed by atoms with Gasteiger partial charge in [0.1, 0.15) is 6.04 Å². The minimum Gasteiger partial charge on any atom is -0.480 e. The molecule has 2 rings (SSSR count). The van der Waals surface area contributed by atoms with Crippen LogP contribution in [0.2, 0.25) is 0 Å². The summed E-state index contributed by atoms with van der Waals surface area (Å²) in [7, 11) is 0. The lowest BCUT2D eigenvalue weighted by molar-refractivity contribution is -0.139. The highest BCUT2D eigenvalue weighted by atomic mass is 16.6. The van der Waals surface area contributed by atoms with Crippen LogP contribution in [0.3, 0.4) is 0 Å². The van der Waals surface area contributed by atoms with Gasteiger partial charge in [-0.15, -0.1) is 0 Å². The summed E-state index contributed by atoms with van der Waals surface area (Å²) in [4.78, 5) is 26.2. The molecule has 0 amide bonds. The van der Waals surface area contributed by atoms with Gasteiger partial charge in [-0.05, 0) is 0 Å². The lowest BCUT2D eigenvalue weighted by Crippen LogP contribution is -2.41. The van der Waals surface area contributed by atoms with Gasteiger partial charge >= 0.3 is 11.9 Å². The Morgan fingerprint density at radius 3 is 2.79 bits per heavy atom. The normalized spacial score (nSPS) is 34.6.